The van der Waals surface area contributed by atoms with Gasteiger partial charge in [-0.1, -0.05) is 132 Å². The molecule has 0 spiro atoms. The number of phosphoric ester groups is 1. The lowest BCUT2D eigenvalue weighted by Crippen LogP contribution is -2.40. The number of nitrogens with zero attached hydrogens (tertiary/aromatic N) is 4. The SMILES string of the molecule is CCCCCCCCCCCCCCO[C@H](COCc1ccccc1)COP(=O)(OC[C@H]1O[C@@](C#N)(c2ccc3c(N)ncnn23)[C@@H]2OC(C)(C)O[C@@H]21)Oc1ccccc1Cl. The van der Waals surface area contributed by atoms with Crippen LogP contribution in [0.5, 0.6) is 5.75 Å². The first-order valence-electron chi connectivity index (χ1n) is 21.7. The van der Waals surface area contributed by atoms with Crippen molar-refractivity contribution in [2.24, 2.45) is 0 Å². The molecule has 0 radical (unpaired) electrons. The van der Waals surface area contributed by atoms with Gasteiger partial charge in [0.15, 0.2) is 11.6 Å². The van der Waals surface area contributed by atoms with E-state index in [1.165, 1.54) is 68.6 Å². The van der Waals surface area contributed by atoms with Crippen molar-refractivity contribution >= 4 is 30.8 Å². The van der Waals surface area contributed by atoms with E-state index in [0.717, 1.165) is 24.8 Å². The Labute approximate surface area is 364 Å². The Morgan fingerprint density at radius 2 is 1.57 bits per heavy atom. The van der Waals surface area contributed by atoms with E-state index in [1.807, 2.05) is 30.3 Å². The molecule has 6 rings (SSSR count). The first kappa shape index (κ1) is 46.9. The summed E-state index contributed by atoms with van der Waals surface area (Å²) in [6.07, 6.45) is 12.7. The number of anilines is 1. The number of unbranched alkanes of at least 4 members (excludes halogenated alkanes) is 11. The fourth-order valence-electron chi connectivity index (χ4n) is 7.75. The Morgan fingerprint density at radius 3 is 2.28 bits per heavy atom. The number of phosphoric acid groups is 1. The maximum Gasteiger partial charge on any atom is 0.530 e. The molecule has 2 N–H and O–H groups in total. The molecule has 4 aromatic rings. The lowest BCUT2D eigenvalue weighted by atomic mass is 9.92. The molecule has 2 aliphatic rings. The first-order valence-corrected chi connectivity index (χ1v) is 23.5. The smallest absolute Gasteiger partial charge is 0.402 e. The van der Waals surface area contributed by atoms with Crippen LogP contribution in [-0.2, 0) is 49.5 Å². The van der Waals surface area contributed by atoms with Crippen molar-refractivity contribution in [2.45, 2.75) is 140 Å². The number of nitrogens with two attached hydrogens (primary N) is 1. The number of ether oxygens (including phenoxy) is 5. The fourth-order valence-corrected chi connectivity index (χ4v) is 9.24. The van der Waals surface area contributed by atoms with Crippen LogP contribution in [0, 0.1) is 11.3 Å². The van der Waals surface area contributed by atoms with E-state index in [0.29, 0.717) is 24.4 Å². The highest BCUT2D eigenvalue weighted by molar-refractivity contribution is 7.48. The number of fused-ring (bicyclic) bond motifs is 2. The highest BCUT2D eigenvalue weighted by atomic mass is 35.5. The zero-order valence-corrected chi connectivity index (χ0v) is 37.3. The first-order chi connectivity index (χ1) is 29.6. The molecule has 0 aliphatic carbocycles. The average Bonchev–Trinajstić information content (AvgIpc) is 3.92. The number of hydrogen-bond acceptors (Lipinski definition) is 13. The van der Waals surface area contributed by atoms with Gasteiger partial charge in [-0.05, 0) is 50.1 Å². The second-order valence-electron chi connectivity index (χ2n) is 16.1. The van der Waals surface area contributed by atoms with Crippen LogP contribution >= 0.6 is 19.4 Å². The lowest BCUT2D eigenvalue weighted by molar-refractivity contribution is -0.204. The predicted molar refractivity (Wildman–Crippen MR) is 232 cm³/mol. The third-order valence-corrected chi connectivity index (χ3v) is 12.6. The van der Waals surface area contributed by atoms with E-state index >= 15 is 0 Å². The van der Waals surface area contributed by atoms with E-state index < -0.39 is 43.6 Å². The molecule has 332 valence electrons. The van der Waals surface area contributed by atoms with Crippen LogP contribution in [0.4, 0.5) is 5.82 Å². The lowest BCUT2D eigenvalue weighted by Gasteiger charge is -2.29. The van der Waals surface area contributed by atoms with Gasteiger partial charge in [0, 0.05) is 6.61 Å². The number of para-hydroxylation sites is 1. The van der Waals surface area contributed by atoms with Gasteiger partial charge in [0.1, 0.15) is 48.1 Å². The molecule has 0 saturated carbocycles. The van der Waals surface area contributed by atoms with Gasteiger partial charge in [0.25, 0.3) is 0 Å². The molecule has 2 saturated heterocycles. The molecule has 4 heterocycles. The van der Waals surface area contributed by atoms with Gasteiger partial charge in [-0.25, -0.2) is 14.1 Å². The van der Waals surface area contributed by atoms with Crippen molar-refractivity contribution in [2.75, 3.05) is 32.2 Å². The Bertz CT molecular complexity index is 2050. The molecular formula is C45H61ClN5O9P. The number of halogens is 1. The van der Waals surface area contributed by atoms with Gasteiger partial charge in [0.2, 0.25) is 5.60 Å². The van der Waals surface area contributed by atoms with Gasteiger partial charge < -0.3 is 33.9 Å². The minimum absolute atomic E-state index is 0.0943. The van der Waals surface area contributed by atoms with Crippen LogP contribution in [0.25, 0.3) is 5.52 Å². The van der Waals surface area contributed by atoms with Gasteiger partial charge >= 0.3 is 7.82 Å². The minimum Gasteiger partial charge on any atom is -0.402 e. The Morgan fingerprint density at radius 1 is 0.885 bits per heavy atom. The predicted octanol–water partition coefficient (Wildman–Crippen LogP) is 10.1. The molecule has 2 aromatic carbocycles. The van der Waals surface area contributed by atoms with Crippen molar-refractivity contribution < 1.29 is 41.8 Å². The highest BCUT2D eigenvalue weighted by Crippen LogP contribution is 2.54. The molecule has 16 heteroatoms. The highest BCUT2D eigenvalue weighted by Gasteiger charge is 2.65. The van der Waals surface area contributed by atoms with Gasteiger partial charge in [-0.2, -0.15) is 10.4 Å². The summed E-state index contributed by atoms with van der Waals surface area (Å²) in [7, 11) is -4.48. The molecule has 0 bridgehead atoms. The summed E-state index contributed by atoms with van der Waals surface area (Å²) in [5.41, 5.74) is 6.25. The Balaban J connectivity index is 1.11. The number of rotatable bonds is 27. The number of aromatic nitrogens is 3. The number of nitriles is 1. The molecule has 14 nitrogen and oxygen atoms in total. The largest absolute Gasteiger partial charge is 0.530 e. The third-order valence-electron chi connectivity index (χ3n) is 10.9. The van der Waals surface area contributed by atoms with Crippen molar-refractivity contribution in [3.63, 3.8) is 0 Å². The van der Waals surface area contributed by atoms with Crippen LogP contribution in [0.2, 0.25) is 5.02 Å². The van der Waals surface area contributed by atoms with E-state index in [9.17, 15) is 9.83 Å². The quantitative estimate of drug-likeness (QED) is 0.0444. The molecule has 61 heavy (non-hydrogen) atoms. The summed E-state index contributed by atoms with van der Waals surface area (Å²) in [5, 5.41) is 15.4. The van der Waals surface area contributed by atoms with Crippen molar-refractivity contribution in [1.82, 2.24) is 14.6 Å². The Kier molecular flexibility index (Phi) is 17.4. The zero-order valence-electron chi connectivity index (χ0n) is 35.6. The van der Waals surface area contributed by atoms with E-state index in [4.69, 9.17) is 54.6 Å². The normalized spacial score (nSPS) is 22.2. The summed E-state index contributed by atoms with van der Waals surface area (Å²) in [5.74, 6) is -0.770. The second kappa shape index (κ2) is 22.7. The zero-order chi connectivity index (χ0) is 43.1. The molecule has 0 amide bonds. The number of hydrogen-bond donors (Lipinski definition) is 1. The number of nitrogen functional groups attached to an aromatic ring is 1. The summed E-state index contributed by atoms with van der Waals surface area (Å²) >= 11 is 6.47. The summed E-state index contributed by atoms with van der Waals surface area (Å²) < 4.78 is 65.8. The molecule has 2 aromatic heterocycles. The van der Waals surface area contributed by atoms with E-state index in [-0.39, 0.29) is 36.4 Å². The monoisotopic (exact) mass is 881 g/mol. The maximum absolute atomic E-state index is 14.7. The fraction of sp³-hybridized carbons (Fsp3) is 0.578. The molecule has 1 unspecified atom stereocenters. The topological polar surface area (TPSA) is 171 Å². The van der Waals surface area contributed by atoms with Crippen LogP contribution in [-0.4, -0.2) is 71.2 Å². The summed E-state index contributed by atoms with van der Waals surface area (Å²) in [6, 6.07) is 22.1. The molecular weight excluding hydrogens is 821 g/mol. The van der Waals surface area contributed by atoms with Crippen molar-refractivity contribution in [3.05, 3.63) is 89.3 Å². The van der Waals surface area contributed by atoms with Gasteiger partial charge in [0.05, 0.1) is 37.1 Å². The summed E-state index contributed by atoms with van der Waals surface area (Å²) in [6.45, 7) is 6.18. The second-order valence-corrected chi connectivity index (χ2v) is 18.1. The van der Waals surface area contributed by atoms with E-state index in [2.05, 4.69) is 23.1 Å². The minimum atomic E-state index is -4.48. The van der Waals surface area contributed by atoms with Crippen LogP contribution in [0.1, 0.15) is 109 Å². The van der Waals surface area contributed by atoms with E-state index in [1.54, 1.807) is 50.2 Å². The van der Waals surface area contributed by atoms with Crippen LogP contribution in [0.3, 0.4) is 0 Å². The van der Waals surface area contributed by atoms with Crippen LogP contribution in [0.15, 0.2) is 73.1 Å². The Hall–Kier alpha value is -3.61. The molecule has 6 atom stereocenters. The van der Waals surface area contributed by atoms with Gasteiger partial charge in [-0.15, -0.1) is 0 Å². The third kappa shape index (κ3) is 12.7. The molecule has 2 aliphatic heterocycles. The van der Waals surface area contributed by atoms with Gasteiger partial charge in [-0.3, -0.25) is 9.05 Å². The average molecular weight is 882 g/mol. The van der Waals surface area contributed by atoms with Crippen LogP contribution < -0.4 is 10.3 Å². The number of benzene rings is 2. The standard InChI is InChI=1S/C45H61ClN5O9P/c1-4-5-6-7-8-9-10-11-12-13-14-20-27-54-35(29-53-28-34-21-16-15-17-22-34)30-55-61(52,60-38-24-19-18-23-36(38)46)56-31-39-41-42(59-44(2,3)58-41)45(32-47,57-39)40-26-25-37-43(48)49-33-50-51(37)40/h15-19,21-26,33,35,39,41-42H,4-14,20,27-31H2,1-3H3,(H2,48,49,50)/t35-,39-,41-,42-,45+,61?/m1/s1. The van der Waals surface area contributed by atoms with Crippen molar-refractivity contribution in [3.8, 4) is 11.8 Å². The van der Waals surface area contributed by atoms with Crippen molar-refractivity contribution in [1.29, 1.82) is 5.26 Å². The summed E-state index contributed by atoms with van der Waals surface area (Å²) in [4.78, 5) is 4.07. The maximum atomic E-state index is 14.7. The molecule has 2 fully saturated rings.